The van der Waals surface area contributed by atoms with Gasteiger partial charge >= 0.3 is 0 Å². The minimum absolute atomic E-state index is 0.259. The van der Waals surface area contributed by atoms with Crippen LogP contribution in [0.2, 0.25) is 0 Å². The zero-order valence-corrected chi connectivity index (χ0v) is 14.6. The third-order valence-electron chi connectivity index (χ3n) is 4.53. The van der Waals surface area contributed by atoms with Crippen molar-refractivity contribution in [2.45, 2.75) is 26.2 Å². The highest BCUT2D eigenvalue weighted by molar-refractivity contribution is 7.14. The minimum Gasteiger partial charge on any atom is -0.277 e. The Bertz CT molecular complexity index is 959. The maximum atomic E-state index is 12.3. The maximum Gasteiger partial charge on any atom is 0.290 e. The Morgan fingerprint density at radius 3 is 2.92 bits per heavy atom. The Balaban J connectivity index is 1.44. The third kappa shape index (κ3) is 3.02. The van der Waals surface area contributed by atoms with E-state index in [0.717, 1.165) is 30.2 Å². The Morgan fingerprint density at radius 2 is 2.04 bits per heavy atom. The highest BCUT2D eigenvalue weighted by Gasteiger charge is 2.21. The van der Waals surface area contributed by atoms with Crippen molar-refractivity contribution in [2.24, 2.45) is 5.92 Å². The van der Waals surface area contributed by atoms with Crippen molar-refractivity contribution < 1.29 is 9.59 Å². The zero-order chi connectivity index (χ0) is 17.4. The number of aromatic amines is 1. The second kappa shape index (κ2) is 6.33. The van der Waals surface area contributed by atoms with Crippen molar-refractivity contribution in [1.82, 2.24) is 21.0 Å². The SMILES string of the molecule is CC1CCc2sc(C(=O)NNC(=O)c3n[nH]c4ccccc34)cc2C1. The van der Waals surface area contributed by atoms with Crippen molar-refractivity contribution in [3.05, 3.63) is 51.3 Å². The zero-order valence-electron chi connectivity index (χ0n) is 13.8. The number of para-hydroxylation sites is 1. The number of hydrogen-bond donors (Lipinski definition) is 3. The number of benzene rings is 1. The van der Waals surface area contributed by atoms with Gasteiger partial charge in [-0.15, -0.1) is 11.3 Å². The molecule has 0 saturated carbocycles. The molecule has 4 rings (SSSR count). The lowest BCUT2D eigenvalue weighted by Gasteiger charge is -2.16. The van der Waals surface area contributed by atoms with Crippen LogP contribution in [0, 0.1) is 5.92 Å². The van der Waals surface area contributed by atoms with Crippen molar-refractivity contribution in [3.63, 3.8) is 0 Å². The molecule has 1 aliphatic carbocycles. The van der Waals surface area contributed by atoms with Crippen LogP contribution < -0.4 is 10.9 Å². The van der Waals surface area contributed by atoms with Gasteiger partial charge in [-0.05, 0) is 42.9 Å². The summed E-state index contributed by atoms with van der Waals surface area (Å²) in [7, 11) is 0. The van der Waals surface area contributed by atoms with E-state index in [4.69, 9.17) is 0 Å². The van der Waals surface area contributed by atoms with Gasteiger partial charge in [0.05, 0.1) is 10.4 Å². The van der Waals surface area contributed by atoms with Gasteiger partial charge < -0.3 is 0 Å². The maximum absolute atomic E-state index is 12.3. The fourth-order valence-corrected chi connectivity index (χ4v) is 4.29. The van der Waals surface area contributed by atoms with Gasteiger partial charge in [-0.3, -0.25) is 25.5 Å². The lowest BCUT2D eigenvalue weighted by atomic mass is 9.90. The van der Waals surface area contributed by atoms with Crippen LogP contribution in [0.3, 0.4) is 0 Å². The summed E-state index contributed by atoms with van der Waals surface area (Å²) >= 11 is 1.51. The van der Waals surface area contributed by atoms with E-state index in [1.165, 1.54) is 21.8 Å². The molecular formula is C18H18N4O2S. The molecule has 1 atom stereocenters. The average Bonchev–Trinajstić information content (AvgIpc) is 3.23. The number of carbonyl (C=O) groups excluding carboxylic acids is 2. The molecule has 25 heavy (non-hydrogen) atoms. The molecule has 0 spiro atoms. The van der Waals surface area contributed by atoms with E-state index in [1.807, 2.05) is 30.3 Å². The molecule has 0 aliphatic heterocycles. The topological polar surface area (TPSA) is 86.9 Å². The van der Waals surface area contributed by atoms with Crippen LogP contribution in [0.1, 0.15) is 43.9 Å². The van der Waals surface area contributed by atoms with Gasteiger partial charge in [0.25, 0.3) is 11.8 Å². The van der Waals surface area contributed by atoms with Gasteiger partial charge in [0.2, 0.25) is 0 Å². The number of H-pyrrole nitrogens is 1. The lowest BCUT2D eigenvalue weighted by Crippen LogP contribution is -2.41. The standard InChI is InChI=1S/C18H18N4O2S/c1-10-6-7-14-11(8-10)9-15(25-14)17(23)21-22-18(24)16-12-4-2-3-5-13(12)19-20-16/h2-5,9-10H,6-8H2,1H3,(H,19,20)(H,21,23)(H,22,24). The van der Waals surface area contributed by atoms with Crippen molar-refractivity contribution in [1.29, 1.82) is 0 Å². The number of aromatic nitrogens is 2. The summed E-state index contributed by atoms with van der Waals surface area (Å²) in [6.45, 7) is 2.23. The van der Waals surface area contributed by atoms with Gasteiger partial charge in [0, 0.05) is 10.3 Å². The molecule has 0 fully saturated rings. The predicted molar refractivity (Wildman–Crippen MR) is 96.5 cm³/mol. The van der Waals surface area contributed by atoms with E-state index < -0.39 is 5.91 Å². The van der Waals surface area contributed by atoms with Crippen LogP contribution in [0.4, 0.5) is 0 Å². The number of carbonyl (C=O) groups is 2. The summed E-state index contributed by atoms with van der Waals surface area (Å²) < 4.78 is 0. The van der Waals surface area contributed by atoms with E-state index in [1.54, 1.807) is 0 Å². The summed E-state index contributed by atoms with van der Waals surface area (Å²) in [5.74, 6) is -0.0772. The van der Waals surface area contributed by atoms with E-state index in [-0.39, 0.29) is 11.6 Å². The third-order valence-corrected chi connectivity index (χ3v) is 5.76. The van der Waals surface area contributed by atoms with Crippen LogP contribution in [-0.4, -0.2) is 22.0 Å². The number of nitrogens with one attached hydrogen (secondary N) is 3. The normalized spacial score (nSPS) is 16.4. The largest absolute Gasteiger partial charge is 0.290 e. The number of hydrogen-bond acceptors (Lipinski definition) is 4. The fourth-order valence-electron chi connectivity index (χ4n) is 3.19. The van der Waals surface area contributed by atoms with Crippen molar-refractivity contribution in [2.75, 3.05) is 0 Å². The number of hydrazine groups is 1. The number of fused-ring (bicyclic) bond motifs is 2. The van der Waals surface area contributed by atoms with Gasteiger partial charge in [0.1, 0.15) is 0 Å². The first-order valence-corrected chi connectivity index (χ1v) is 9.09. The van der Waals surface area contributed by atoms with Crippen LogP contribution in [0.15, 0.2) is 30.3 Å². The molecule has 7 heteroatoms. The van der Waals surface area contributed by atoms with Gasteiger partial charge in [-0.25, -0.2) is 0 Å². The van der Waals surface area contributed by atoms with Crippen LogP contribution >= 0.6 is 11.3 Å². The molecule has 2 aromatic heterocycles. The summed E-state index contributed by atoms with van der Waals surface area (Å²) in [4.78, 5) is 26.5. The summed E-state index contributed by atoms with van der Waals surface area (Å²) in [6, 6.07) is 9.30. The summed E-state index contributed by atoms with van der Waals surface area (Å²) in [5.41, 5.74) is 7.24. The molecule has 2 amide bonds. The fraction of sp³-hybridized carbons (Fsp3) is 0.278. The second-order valence-corrected chi connectivity index (χ2v) is 7.57. The number of nitrogens with zero attached hydrogens (tertiary/aromatic N) is 1. The molecule has 2 heterocycles. The molecule has 6 nitrogen and oxygen atoms in total. The Kier molecular flexibility index (Phi) is 4.01. The molecule has 0 saturated heterocycles. The molecule has 0 radical (unpaired) electrons. The van der Waals surface area contributed by atoms with Crippen LogP contribution in [-0.2, 0) is 12.8 Å². The smallest absolute Gasteiger partial charge is 0.277 e. The molecule has 128 valence electrons. The second-order valence-electron chi connectivity index (χ2n) is 6.43. The summed E-state index contributed by atoms with van der Waals surface area (Å²) in [5, 5.41) is 7.54. The molecule has 1 unspecified atom stereocenters. The minimum atomic E-state index is -0.444. The van der Waals surface area contributed by atoms with Crippen molar-refractivity contribution >= 4 is 34.1 Å². The molecule has 0 bridgehead atoms. The number of amides is 2. The van der Waals surface area contributed by atoms with Gasteiger partial charge in [0.15, 0.2) is 5.69 Å². The van der Waals surface area contributed by atoms with Crippen molar-refractivity contribution in [3.8, 4) is 0 Å². The van der Waals surface area contributed by atoms with E-state index in [2.05, 4.69) is 28.0 Å². The van der Waals surface area contributed by atoms with E-state index >= 15 is 0 Å². The lowest BCUT2D eigenvalue weighted by molar-refractivity contribution is 0.0847. The first-order chi connectivity index (χ1) is 12.1. The Hall–Kier alpha value is -2.67. The number of rotatable bonds is 2. The van der Waals surface area contributed by atoms with Gasteiger partial charge in [-0.1, -0.05) is 25.1 Å². The van der Waals surface area contributed by atoms with E-state index in [9.17, 15) is 9.59 Å². The Morgan fingerprint density at radius 1 is 1.24 bits per heavy atom. The monoisotopic (exact) mass is 354 g/mol. The number of aryl methyl sites for hydroxylation is 1. The molecule has 1 aliphatic rings. The first-order valence-electron chi connectivity index (χ1n) is 8.27. The predicted octanol–water partition coefficient (Wildman–Crippen LogP) is 2.82. The molecule has 3 aromatic rings. The van der Waals surface area contributed by atoms with Crippen LogP contribution in [0.25, 0.3) is 10.9 Å². The molecule has 1 aromatic carbocycles. The quantitative estimate of drug-likeness (QED) is 0.619. The number of thiophene rings is 1. The highest BCUT2D eigenvalue weighted by atomic mass is 32.1. The summed E-state index contributed by atoms with van der Waals surface area (Å²) in [6.07, 6.45) is 3.21. The molecule has 3 N–H and O–H groups in total. The van der Waals surface area contributed by atoms with Gasteiger partial charge in [-0.2, -0.15) is 5.10 Å². The highest BCUT2D eigenvalue weighted by Crippen LogP contribution is 2.32. The Labute approximate surface area is 148 Å². The van der Waals surface area contributed by atoms with E-state index in [0.29, 0.717) is 10.8 Å². The first kappa shape index (κ1) is 15.8. The van der Waals surface area contributed by atoms with Crippen LogP contribution in [0.5, 0.6) is 0 Å². The molecular weight excluding hydrogens is 336 g/mol. The average molecular weight is 354 g/mol.